The first-order valence-electron chi connectivity index (χ1n) is 10.9. The lowest BCUT2D eigenvalue weighted by atomic mass is 9.77. The molecule has 3 aromatic carbocycles. The average molecular weight is 538 g/mol. The summed E-state index contributed by atoms with van der Waals surface area (Å²) < 4.78 is 68.5. The van der Waals surface area contributed by atoms with Crippen molar-refractivity contribution in [3.63, 3.8) is 0 Å². The van der Waals surface area contributed by atoms with Crippen LogP contribution in [0.2, 0.25) is 5.02 Å². The van der Waals surface area contributed by atoms with Crippen molar-refractivity contribution in [2.24, 2.45) is 7.05 Å². The topological polar surface area (TPSA) is 81.7 Å². The minimum Gasteiger partial charge on any atom is -0.465 e. The molecule has 0 aliphatic rings. The van der Waals surface area contributed by atoms with E-state index in [4.69, 9.17) is 16.0 Å². The zero-order chi connectivity index (χ0) is 27.3. The standard InChI is InChI=1S/C26H20ClF4NO5/c1-13(25(35,26(29,30)31)16-6-9-22-21(12-16)32(2)24(34)37-22)17-7-4-14(10-19(17)27)18-8-5-15(11-20(18)28)23(33)36-3/h4-13,35H,1-3H3/t13-,25-/m1/s1. The second-order valence-electron chi connectivity index (χ2n) is 8.52. The molecule has 0 saturated heterocycles. The number of halogens is 5. The van der Waals surface area contributed by atoms with Crippen LogP contribution in [-0.2, 0) is 17.4 Å². The Bertz CT molecular complexity index is 1580. The molecule has 1 heterocycles. The average Bonchev–Trinajstić information content (AvgIpc) is 3.14. The minimum absolute atomic E-state index is 0.0116. The van der Waals surface area contributed by atoms with Gasteiger partial charge in [0.25, 0.3) is 0 Å². The van der Waals surface area contributed by atoms with Crippen LogP contribution in [0.1, 0.15) is 34.3 Å². The molecule has 1 aromatic heterocycles. The molecule has 2 atom stereocenters. The lowest BCUT2D eigenvalue weighted by Crippen LogP contribution is -2.46. The van der Waals surface area contributed by atoms with Gasteiger partial charge in [0.2, 0.25) is 0 Å². The number of aliphatic hydroxyl groups is 1. The van der Waals surface area contributed by atoms with Crippen molar-refractivity contribution in [1.29, 1.82) is 0 Å². The van der Waals surface area contributed by atoms with Gasteiger partial charge in [-0.25, -0.2) is 14.0 Å². The van der Waals surface area contributed by atoms with Gasteiger partial charge in [-0.3, -0.25) is 4.57 Å². The summed E-state index contributed by atoms with van der Waals surface area (Å²) in [5.41, 5.74) is -3.51. The second-order valence-corrected chi connectivity index (χ2v) is 8.93. The van der Waals surface area contributed by atoms with Gasteiger partial charge in [-0.2, -0.15) is 13.2 Å². The van der Waals surface area contributed by atoms with E-state index in [1.165, 1.54) is 50.4 Å². The van der Waals surface area contributed by atoms with Gasteiger partial charge in [-0.05, 0) is 47.0 Å². The number of benzene rings is 3. The molecule has 194 valence electrons. The maximum absolute atomic E-state index is 14.7. The van der Waals surface area contributed by atoms with E-state index in [2.05, 4.69) is 4.74 Å². The molecule has 37 heavy (non-hydrogen) atoms. The van der Waals surface area contributed by atoms with Crippen LogP contribution in [0.4, 0.5) is 17.6 Å². The van der Waals surface area contributed by atoms with Crippen molar-refractivity contribution in [3.05, 3.63) is 92.7 Å². The monoisotopic (exact) mass is 537 g/mol. The Labute approximate surface area is 212 Å². The Balaban J connectivity index is 1.78. The Hall–Kier alpha value is -3.63. The van der Waals surface area contributed by atoms with Gasteiger partial charge in [0, 0.05) is 23.6 Å². The zero-order valence-corrected chi connectivity index (χ0v) is 20.4. The maximum atomic E-state index is 14.7. The number of methoxy groups -OCH3 is 1. The lowest BCUT2D eigenvalue weighted by molar-refractivity contribution is -0.274. The fourth-order valence-corrected chi connectivity index (χ4v) is 4.63. The highest BCUT2D eigenvalue weighted by molar-refractivity contribution is 6.31. The number of oxazole rings is 1. The first-order chi connectivity index (χ1) is 17.3. The fourth-order valence-electron chi connectivity index (χ4n) is 4.29. The number of rotatable bonds is 5. The summed E-state index contributed by atoms with van der Waals surface area (Å²) in [6, 6.07) is 10.8. The first kappa shape index (κ1) is 26.4. The number of aromatic nitrogens is 1. The van der Waals surface area contributed by atoms with Crippen LogP contribution in [0.15, 0.2) is 63.8 Å². The van der Waals surface area contributed by atoms with Crippen LogP contribution in [0.3, 0.4) is 0 Å². The van der Waals surface area contributed by atoms with E-state index in [1.807, 2.05) is 0 Å². The Morgan fingerprint density at radius 2 is 1.81 bits per heavy atom. The molecular formula is C26H20ClF4NO5. The van der Waals surface area contributed by atoms with Crippen LogP contribution >= 0.6 is 11.6 Å². The predicted octanol–water partition coefficient (Wildman–Crippen LogP) is 5.93. The van der Waals surface area contributed by atoms with E-state index in [-0.39, 0.29) is 38.4 Å². The molecule has 0 spiro atoms. The van der Waals surface area contributed by atoms with Gasteiger partial charge in [0.05, 0.1) is 18.2 Å². The number of fused-ring (bicyclic) bond motifs is 1. The van der Waals surface area contributed by atoms with Crippen LogP contribution in [0.5, 0.6) is 0 Å². The molecule has 4 aromatic rings. The van der Waals surface area contributed by atoms with Gasteiger partial charge in [0.15, 0.2) is 11.2 Å². The number of alkyl halides is 3. The quantitative estimate of drug-likeness (QED) is 0.252. The largest absolute Gasteiger partial charge is 0.465 e. The van der Waals surface area contributed by atoms with E-state index >= 15 is 0 Å². The highest BCUT2D eigenvalue weighted by atomic mass is 35.5. The molecule has 11 heteroatoms. The van der Waals surface area contributed by atoms with E-state index < -0.39 is 40.8 Å². The number of hydrogen-bond donors (Lipinski definition) is 1. The van der Waals surface area contributed by atoms with Crippen LogP contribution in [0, 0.1) is 5.82 Å². The summed E-state index contributed by atoms with van der Waals surface area (Å²) in [5.74, 6) is -3.86. The number of aryl methyl sites for hydroxylation is 1. The van der Waals surface area contributed by atoms with Crippen molar-refractivity contribution >= 4 is 28.7 Å². The fraction of sp³-hybridized carbons (Fsp3) is 0.231. The molecule has 0 aliphatic carbocycles. The summed E-state index contributed by atoms with van der Waals surface area (Å²) >= 11 is 6.36. The molecular weight excluding hydrogens is 518 g/mol. The SMILES string of the molecule is COC(=O)c1ccc(-c2ccc([C@@H](C)[C@@](O)(c3ccc4oc(=O)n(C)c4c3)C(F)(F)F)c(Cl)c2)c(F)c1. The smallest absolute Gasteiger partial charge is 0.422 e. The third kappa shape index (κ3) is 4.40. The third-order valence-corrected chi connectivity index (χ3v) is 6.79. The van der Waals surface area contributed by atoms with E-state index in [1.54, 1.807) is 0 Å². The summed E-state index contributed by atoms with van der Waals surface area (Å²) in [6.45, 7) is 1.17. The highest BCUT2D eigenvalue weighted by Gasteiger charge is 2.59. The Morgan fingerprint density at radius 1 is 1.11 bits per heavy atom. The van der Waals surface area contributed by atoms with Crippen molar-refractivity contribution in [2.45, 2.75) is 24.6 Å². The van der Waals surface area contributed by atoms with Gasteiger partial charge in [0.1, 0.15) is 5.82 Å². The van der Waals surface area contributed by atoms with Gasteiger partial charge < -0.3 is 14.3 Å². The van der Waals surface area contributed by atoms with Crippen molar-refractivity contribution < 1.29 is 36.6 Å². The summed E-state index contributed by atoms with van der Waals surface area (Å²) in [7, 11) is 2.49. The number of hydrogen-bond acceptors (Lipinski definition) is 5. The second kappa shape index (κ2) is 9.35. The number of carbonyl (C=O) groups excluding carboxylic acids is 1. The molecule has 0 aliphatic heterocycles. The normalized spacial score (nSPS) is 14.4. The number of esters is 1. The molecule has 0 amide bonds. The van der Waals surface area contributed by atoms with E-state index in [0.717, 1.165) is 29.9 Å². The third-order valence-electron chi connectivity index (χ3n) is 6.46. The van der Waals surface area contributed by atoms with E-state index in [0.29, 0.717) is 0 Å². The zero-order valence-electron chi connectivity index (χ0n) is 19.7. The number of carbonyl (C=O) groups is 1. The van der Waals surface area contributed by atoms with Gasteiger partial charge in [-0.15, -0.1) is 0 Å². The summed E-state index contributed by atoms with van der Waals surface area (Å²) in [6.07, 6.45) is -5.14. The Kier molecular flexibility index (Phi) is 6.68. The highest BCUT2D eigenvalue weighted by Crippen LogP contribution is 2.50. The molecule has 4 rings (SSSR count). The van der Waals surface area contributed by atoms with Gasteiger partial charge >= 0.3 is 17.9 Å². The number of nitrogens with zero attached hydrogens (tertiary/aromatic N) is 1. The lowest BCUT2D eigenvalue weighted by Gasteiger charge is -2.37. The molecule has 0 unspecified atom stereocenters. The van der Waals surface area contributed by atoms with E-state index in [9.17, 15) is 32.3 Å². The summed E-state index contributed by atoms with van der Waals surface area (Å²) in [4.78, 5) is 23.4. The molecule has 1 N–H and O–H groups in total. The molecule has 0 bridgehead atoms. The van der Waals surface area contributed by atoms with Crippen LogP contribution < -0.4 is 5.76 Å². The van der Waals surface area contributed by atoms with Crippen molar-refractivity contribution in [3.8, 4) is 11.1 Å². The van der Waals surface area contributed by atoms with Crippen LogP contribution in [0.25, 0.3) is 22.2 Å². The minimum atomic E-state index is -5.14. The Morgan fingerprint density at radius 3 is 2.41 bits per heavy atom. The molecule has 0 radical (unpaired) electrons. The van der Waals surface area contributed by atoms with Gasteiger partial charge in [-0.1, -0.05) is 42.8 Å². The van der Waals surface area contributed by atoms with Crippen molar-refractivity contribution in [2.75, 3.05) is 7.11 Å². The summed E-state index contributed by atoms with van der Waals surface area (Å²) in [5, 5.41) is 11.0. The van der Waals surface area contributed by atoms with Crippen LogP contribution in [-0.4, -0.2) is 28.9 Å². The predicted molar refractivity (Wildman–Crippen MR) is 128 cm³/mol. The number of ether oxygens (including phenoxy) is 1. The maximum Gasteiger partial charge on any atom is 0.422 e. The molecule has 6 nitrogen and oxygen atoms in total. The molecule has 0 saturated carbocycles. The van der Waals surface area contributed by atoms with Crippen molar-refractivity contribution in [1.82, 2.24) is 4.57 Å². The molecule has 0 fully saturated rings. The first-order valence-corrected chi connectivity index (χ1v) is 11.2.